The first kappa shape index (κ1) is 16.8. The van der Waals surface area contributed by atoms with Crippen LogP contribution in [0.25, 0.3) is 11.3 Å². The van der Waals surface area contributed by atoms with Crippen LogP contribution in [-0.4, -0.2) is 11.7 Å². The van der Waals surface area contributed by atoms with Gasteiger partial charge in [0.15, 0.2) is 5.76 Å². The zero-order valence-electron chi connectivity index (χ0n) is 13.6. The molecule has 3 N–H and O–H groups in total. The van der Waals surface area contributed by atoms with Crippen molar-refractivity contribution >= 4 is 11.6 Å². The van der Waals surface area contributed by atoms with E-state index in [1.54, 1.807) is 0 Å². The Bertz CT molecular complexity index is 798. The molecule has 1 atom stereocenters. The van der Waals surface area contributed by atoms with E-state index in [-0.39, 0.29) is 0 Å². The summed E-state index contributed by atoms with van der Waals surface area (Å²) in [6.07, 6.45) is -0.476. The van der Waals surface area contributed by atoms with Crippen molar-refractivity contribution in [1.82, 2.24) is 0 Å². The first-order chi connectivity index (χ1) is 11.6. The van der Waals surface area contributed by atoms with E-state index in [2.05, 4.69) is 0 Å². The van der Waals surface area contributed by atoms with Crippen LogP contribution in [0.3, 0.4) is 0 Å². The van der Waals surface area contributed by atoms with Crippen LogP contribution < -0.4 is 5.32 Å². The number of hydrogen-bond acceptors (Lipinski definition) is 2. The summed E-state index contributed by atoms with van der Waals surface area (Å²) in [6, 6.07) is 19.4. The third-order valence-corrected chi connectivity index (χ3v) is 4.52. The average Bonchev–Trinajstić information content (AvgIpc) is 3.06. The summed E-state index contributed by atoms with van der Waals surface area (Å²) in [5.74, 6) is 1.70. The maximum Gasteiger partial charge on any atom is 0.158 e. The molecule has 4 heteroatoms. The van der Waals surface area contributed by atoms with Crippen molar-refractivity contribution in [3.05, 3.63) is 82.6 Å². The molecule has 0 aliphatic carbocycles. The van der Waals surface area contributed by atoms with Crippen LogP contribution in [-0.2, 0) is 6.54 Å². The zero-order valence-corrected chi connectivity index (χ0v) is 14.3. The Morgan fingerprint density at radius 1 is 1.04 bits per heavy atom. The van der Waals surface area contributed by atoms with Crippen molar-refractivity contribution in [2.24, 2.45) is 0 Å². The second-order valence-electron chi connectivity index (χ2n) is 5.83. The lowest BCUT2D eigenvalue weighted by Gasteiger charge is -2.09. The minimum absolute atomic E-state index is 0.476. The SMILES string of the molecule is Cc1c(Cl)cccc1-c1ccc(C[NH2+]C[C@@H](O)c2ccccc2)o1. The summed E-state index contributed by atoms with van der Waals surface area (Å²) in [5.41, 5.74) is 2.96. The Morgan fingerprint density at radius 2 is 1.83 bits per heavy atom. The lowest BCUT2D eigenvalue weighted by atomic mass is 10.1. The van der Waals surface area contributed by atoms with Gasteiger partial charge in [0.1, 0.15) is 25.0 Å². The minimum Gasteiger partial charge on any atom is -0.455 e. The molecule has 3 rings (SSSR count). The quantitative estimate of drug-likeness (QED) is 0.717. The van der Waals surface area contributed by atoms with Crippen LogP contribution in [0.1, 0.15) is 23.0 Å². The van der Waals surface area contributed by atoms with E-state index in [4.69, 9.17) is 16.0 Å². The van der Waals surface area contributed by atoms with Crippen LogP contribution in [0.2, 0.25) is 5.02 Å². The maximum absolute atomic E-state index is 10.2. The molecule has 0 amide bonds. The Labute approximate surface area is 146 Å². The number of halogens is 1. The summed E-state index contributed by atoms with van der Waals surface area (Å²) in [7, 11) is 0. The molecular formula is C20H21ClNO2+. The van der Waals surface area contributed by atoms with Gasteiger partial charge in [-0.05, 0) is 36.2 Å². The van der Waals surface area contributed by atoms with Crippen LogP contribution in [0.15, 0.2) is 65.1 Å². The molecule has 0 bridgehead atoms. The Kier molecular flexibility index (Phi) is 5.36. The van der Waals surface area contributed by atoms with E-state index in [9.17, 15) is 5.11 Å². The molecule has 3 aromatic rings. The molecule has 0 aliphatic heterocycles. The first-order valence-electron chi connectivity index (χ1n) is 8.04. The van der Waals surface area contributed by atoms with Gasteiger partial charge in [0.05, 0.1) is 0 Å². The second-order valence-corrected chi connectivity index (χ2v) is 6.24. The van der Waals surface area contributed by atoms with Crippen LogP contribution >= 0.6 is 11.6 Å². The molecule has 1 heterocycles. The van der Waals surface area contributed by atoms with E-state index < -0.39 is 6.10 Å². The van der Waals surface area contributed by atoms with Gasteiger partial charge in [-0.15, -0.1) is 0 Å². The largest absolute Gasteiger partial charge is 0.455 e. The molecule has 24 heavy (non-hydrogen) atoms. The standard InChI is InChI=1S/C20H20ClNO2/c1-14-17(8-5-9-18(14)21)20-11-10-16(24-20)12-22-13-19(23)15-6-3-2-4-7-15/h2-11,19,22-23H,12-13H2,1H3/p+1/t19-/m1/s1. The number of aliphatic hydroxyl groups excluding tert-OH is 1. The first-order valence-corrected chi connectivity index (χ1v) is 8.42. The summed E-state index contributed by atoms with van der Waals surface area (Å²) < 4.78 is 5.92. The van der Waals surface area contributed by atoms with E-state index in [0.717, 1.165) is 33.2 Å². The summed E-state index contributed by atoms with van der Waals surface area (Å²) in [5, 5.41) is 13.0. The lowest BCUT2D eigenvalue weighted by Crippen LogP contribution is -2.83. The Hall–Kier alpha value is -2.07. The molecule has 0 saturated carbocycles. The average molecular weight is 343 g/mol. The second kappa shape index (κ2) is 7.67. The number of quaternary nitrogens is 1. The van der Waals surface area contributed by atoms with Crippen LogP contribution in [0.4, 0.5) is 0 Å². The minimum atomic E-state index is -0.476. The van der Waals surface area contributed by atoms with Crippen molar-refractivity contribution in [3.8, 4) is 11.3 Å². The van der Waals surface area contributed by atoms with Gasteiger partial charge in [-0.2, -0.15) is 0 Å². The Morgan fingerprint density at radius 3 is 2.62 bits per heavy atom. The molecule has 0 unspecified atom stereocenters. The molecule has 0 saturated heterocycles. The molecule has 0 radical (unpaired) electrons. The molecule has 124 valence electrons. The smallest absolute Gasteiger partial charge is 0.158 e. The van der Waals surface area contributed by atoms with Crippen molar-refractivity contribution in [2.75, 3.05) is 6.54 Å². The molecule has 0 fully saturated rings. The number of furan rings is 1. The number of benzene rings is 2. The number of nitrogens with two attached hydrogens (primary N) is 1. The highest BCUT2D eigenvalue weighted by Crippen LogP contribution is 2.29. The highest BCUT2D eigenvalue weighted by molar-refractivity contribution is 6.31. The third kappa shape index (κ3) is 3.88. The fourth-order valence-corrected chi connectivity index (χ4v) is 2.88. The van der Waals surface area contributed by atoms with Gasteiger partial charge in [-0.3, -0.25) is 0 Å². The predicted octanol–water partition coefficient (Wildman–Crippen LogP) is 3.71. The van der Waals surface area contributed by atoms with Gasteiger partial charge in [0, 0.05) is 10.6 Å². The lowest BCUT2D eigenvalue weighted by molar-refractivity contribution is -0.679. The Balaban J connectivity index is 1.60. The summed E-state index contributed by atoms with van der Waals surface area (Å²) in [4.78, 5) is 0. The molecule has 2 aromatic carbocycles. The molecule has 1 aromatic heterocycles. The van der Waals surface area contributed by atoms with Gasteiger partial charge in [0.2, 0.25) is 0 Å². The summed E-state index contributed by atoms with van der Waals surface area (Å²) >= 11 is 6.17. The van der Waals surface area contributed by atoms with Gasteiger partial charge >= 0.3 is 0 Å². The number of rotatable bonds is 6. The van der Waals surface area contributed by atoms with Gasteiger partial charge in [0.25, 0.3) is 0 Å². The van der Waals surface area contributed by atoms with Gasteiger partial charge in [-0.25, -0.2) is 0 Å². The van der Waals surface area contributed by atoms with E-state index in [1.165, 1.54) is 0 Å². The van der Waals surface area contributed by atoms with Gasteiger partial charge in [-0.1, -0.05) is 54.1 Å². The van der Waals surface area contributed by atoms with Gasteiger partial charge < -0.3 is 14.8 Å². The third-order valence-electron chi connectivity index (χ3n) is 4.11. The fraction of sp³-hybridized carbons (Fsp3) is 0.200. The van der Waals surface area contributed by atoms with Crippen molar-refractivity contribution in [2.45, 2.75) is 19.6 Å². The fourth-order valence-electron chi connectivity index (χ4n) is 2.70. The zero-order chi connectivity index (χ0) is 16.9. The maximum atomic E-state index is 10.2. The number of aliphatic hydroxyl groups is 1. The van der Waals surface area contributed by atoms with Crippen LogP contribution in [0, 0.1) is 6.92 Å². The van der Waals surface area contributed by atoms with E-state index in [1.807, 2.05) is 72.9 Å². The summed E-state index contributed by atoms with van der Waals surface area (Å²) in [6.45, 7) is 3.27. The molecule has 0 aliphatic rings. The highest BCUT2D eigenvalue weighted by Gasteiger charge is 2.12. The van der Waals surface area contributed by atoms with Crippen molar-refractivity contribution in [1.29, 1.82) is 0 Å². The highest BCUT2D eigenvalue weighted by atomic mass is 35.5. The van der Waals surface area contributed by atoms with E-state index >= 15 is 0 Å². The van der Waals surface area contributed by atoms with Crippen LogP contribution in [0.5, 0.6) is 0 Å². The van der Waals surface area contributed by atoms with E-state index in [0.29, 0.717) is 13.1 Å². The molecule has 3 nitrogen and oxygen atoms in total. The monoisotopic (exact) mass is 342 g/mol. The van der Waals surface area contributed by atoms with Crippen molar-refractivity contribution < 1.29 is 14.8 Å². The molecular weight excluding hydrogens is 322 g/mol. The molecule has 0 spiro atoms. The topological polar surface area (TPSA) is 50.0 Å². The van der Waals surface area contributed by atoms with Crippen molar-refractivity contribution in [3.63, 3.8) is 0 Å². The predicted molar refractivity (Wildman–Crippen MR) is 95.8 cm³/mol. The number of hydrogen-bond donors (Lipinski definition) is 2. The normalized spacial score (nSPS) is 12.3.